The largest absolute Gasteiger partial charge is 0.336 e. The molecule has 1 fully saturated rings. The van der Waals surface area contributed by atoms with Crippen molar-refractivity contribution in [2.24, 2.45) is 0 Å². The first kappa shape index (κ1) is 12.1. The van der Waals surface area contributed by atoms with Gasteiger partial charge >= 0.3 is 0 Å². The van der Waals surface area contributed by atoms with Crippen molar-refractivity contribution < 1.29 is 4.79 Å². The van der Waals surface area contributed by atoms with Crippen LogP contribution in [0.4, 0.5) is 0 Å². The summed E-state index contributed by atoms with van der Waals surface area (Å²) in [6.07, 6.45) is 1.86. The van der Waals surface area contributed by atoms with E-state index >= 15 is 0 Å². The highest BCUT2D eigenvalue weighted by molar-refractivity contribution is 5.96. The molecule has 0 unspecified atom stereocenters. The number of rotatable bonds is 3. The number of H-pyrrole nitrogens is 1. The van der Waals surface area contributed by atoms with Gasteiger partial charge in [0.25, 0.3) is 5.91 Å². The molecule has 1 aromatic rings. The standard InChI is InChI=1S/C12H20N4O/c1-3-4-10-11(9(2)14-15-10)12(17)16-7-5-13-6-8-16/h13H,3-8H2,1-2H3,(H,14,15). The summed E-state index contributed by atoms with van der Waals surface area (Å²) < 4.78 is 0. The number of piperazine rings is 1. The first-order chi connectivity index (χ1) is 8.24. The van der Waals surface area contributed by atoms with Crippen molar-refractivity contribution >= 4 is 5.91 Å². The van der Waals surface area contributed by atoms with E-state index in [9.17, 15) is 4.79 Å². The molecule has 0 saturated carbocycles. The van der Waals surface area contributed by atoms with E-state index < -0.39 is 0 Å². The number of carbonyl (C=O) groups is 1. The van der Waals surface area contributed by atoms with E-state index in [4.69, 9.17) is 0 Å². The lowest BCUT2D eigenvalue weighted by molar-refractivity contribution is 0.0734. The average molecular weight is 236 g/mol. The monoisotopic (exact) mass is 236 g/mol. The number of amides is 1. The number of hydrogen-bond acceptors (Lipinski definition) is 3. The van der Waals surface area contributed by atoms with E-state index in [-0.39, 0.29) is 5.91 Å². The van der Waals surface area contributed by atoms with E-state index in [1.54, 1.807) is 0 Å². The van der Waals surface area contributed by atoms with E-state index in [0.717, 1.165) is 56.0 Å². The molecule has 5 heteroatoms. The smallest absolute Gasteiger partial charge is 0.257 e. The summed E-state index contributed by atoms with van der Waals surface area (Å²) >= 11 is 0. The van der Waals surface area contributed by atoms with Gasteiger partial charge in [0.2, 0.25) is 0 Å². The predicted octanol–water partition coefficient (Wildman–Crippen LogP) is 0.716. The van der Waals surface area contributed by atoms with Gasteiger partial charge in [-0.3, -0.25) is 9.89 Å². The third-order valence-electron chi connectivity index (χ3n) is 3.13. The summed E-state index contributed by atoms with van der Waals surface area (Å²) in [7, 11) is 0. The maximum absolute atomic E-state index is 12.4. The molecule has 0 radical (unpaired) electrons. The van der Waals surface area contributed by atoms with Gasteiger partial charge in [0.15, 0.2) is 0 Å². The van der Waals surface area contributed by atoms with Crippen LogP contribution in [0.1, 0.15) is 35.1 Å². The number of hydrogen-bond donors (Lipinski definition) is 2. The Kier molecular flexibility index (Phi) is 3.78. The van der Waals surface area contributed by atoms with Crippen LogP contribution in [0.25, 0.3) is 0 Å². The van der Waals surface area contributed by atoms with Gasteiger partial charge in [-0.15, -0.1) is 0 Å². The summed E-state index contributed by atoms with van der Waals surface area (Å²) in [6, 6.07) is 0. The summed E-state index contributed by atoms with van der Waals surface area (Å²) in [6.45, 7) is 7.35. The molecule has 0 bridgehead atoms. The highest BCUT2D eigenvalue weighted by atomic mass is 16.2. The van der Waals surface area contributed by atoms with E-state index in [2.05, 4.69) is 22.4 Å². The molecule has 1 aliphatic heterocycles. The number of aromatic amines is 1. The highest BCUT2D eigenvalue weighted by Gasteiger charge is 2.23. The van der Waals surface area contributed by atoms with E-state index in [1.165, 1.54) is 0 Å². The van der Waals surface area contributed by atoms with Crippen LogP contribution in [0.3, 0.4) is 0 Å². The minimum atomic E-state index is 0.126. The Hall–Kier alpha value is -1.36. The Morgan fingerprint density at radius 3 is 2.76 bits per heavy atom. The highest BCUT2D eigenvalue weighted by Crippen LogP contribution is 2.15. The van der Waals surface area contributed by atoms with E-state index in [0.29, 0.717) is 0 Å². The van der Waals surface area contributed by atoms with Crippen LogP contribution in [0.15, 0.2) is 0 Å². The minimum Gasteiger partial charge on any atom is -0.336 e. The molecule has 1 aromatic heterocycles. The van der Waals surface area contributed by atoms with Crippen LogP contribution in [0, 0.1) is 6.92 Å². The molecule has 1 aliphatic rings. The van der Waals surface area contributed by atoms with Crippen LogP contribution in [0.5, 0.6) is 0 Å². The molecule has 1 saturated heterocycles. The Bertz CT molecular complexity index is 393. The second kappa shape index (κ2) is 5.31. The Balaban J connectivity index is 2.19. The lowest BCUT2D eigenvalue weighted by Crippen LogP contribution is -2.46. The van der Waals surface area contributed by atoms with Gasteiger partial charge in [-0.05, 0) is 13.3 Å². The molecule has 17 heavy (non-hydrogen) atoms. The molecule has 0 aliphatic carbocycles. The van der Waals surface area contributed by atoms with Gasteiger partial charge in [0, 0.05) is 31.9 Å². The summed E-state index contributed by atoms with van der Waals surface area (Å²) in [5.41, 5.74) is 2.58. The van der Waals surface area contributed by atoms with Crippen molar-refractivity contribution in [3.8, 4) is 0 Å². The van der Waals surface area contributed by atoms with Crippen molar-refractivity contribution in [1.82, 2.24) is 20.4 Å². The number of aromatic nitrogens is 2. The van der Waals surface area contributed by atoms with Gasteiger partial charge < -0.3 is 10.2 Å². The fourth-order valence-corrected chi connectivity index (χ4v) is 2.21. The third kappa shape index (κ3) is 2.49. The molecule has 2 heterocycles. The van der Waals surface area contributed by atoms with Gasteiger partial charge in [0.05, 0.1) is 11.3 Å². The molecule has 94 valence electrons. The topological polar surface area (TPSA) is 61.0 Å². The molecule has 0 atom stereocenters. The maximum Gasteiger partial charge on any atom is 0.257 e. The van der Waals surface area contributed by atoms with E-state index in [1.807, 2.05) is 11.8 Å². The van der Waals surface area contributed by atoms with Crippen LogP contribution in [0.2, 0.25) is 0 Å². The van der Waals surface area contributed by atoms with Crippen molar-refractivity contribution in [3.63, 3.8) is 0 Å². The second-order valence-electron chi connectivity index (χ2n) is 4.46. The van der Waals surface area contributed by atoms with Gasteiger partial charge in [-0.2, -0.15) is 5.10 Å². The normalized spacial score (nSPS) is 16.2. The Morgan fingerprint density at radius 1 is 1.41 bits per heavy atom. The van der Waals surface area contributed by atoms with Gasteiger partial charge in [-0.1, -0.05) is 13.3 Å². The van der Waals surface area contributed by atoms with Crippen molar-refractivity contribution in [1.29, 1.82) is 0 Å². The van der Waals surface area contributed by atoms with Crippen molar-refractivity contribution in [3.05, 3.63) is 17.0 Å². The molecular formula is C12H20N4O. The Morgan fingerprint density at radius 2 is 2.12 bits per heavy atom. The maximum atomic E-state index is 12.4. The third-order valence-corrected chi connectivity index (χ3v) is 3.13. The van der Waals surface area contributed by atoms with Gasteiger partial charge in [-0.25, -0.2) is 0 Å². The second-order valence-corrected chi connectivity index (χ2v) is 4.46. The number of nitrogens with zero attached hydrogens (tertiary/aromatic N) is 2. The molecular weight excluding hydrogens is 216 g/mol. The lowest BCUT2D eigenvalue weighted by Gasteiger charge is -2.27. The van der Waals surface area contributed by atoms with Gasteiger partial charge in [0.1, 0.15) is 0 Å². The first-order valence-electron chi connectivity index (χ1n) is 6.28. The van der Waals surface area contributed by atoms with Crippen molar-refractivity contribution in [2.75, 3.05) is 26.2 Å². The molecule has 5 nitrogen and oxygen atoms in total. The van der Waals surface area contributed by atoms with Crippen LogP contribution >= 0.6 is 0 Å². The van der Waals surface area contributed by atoms with Crippen LogP contribution in [-0.2, 0) is 6.42 Å². The first-order valence-corrected chi connectivity index (χ1v) is 6.28. The van der Waals surface area contributed by atoms with Crippen LogP contribution in [-0.4, -0.2) is 47.2 Å². The van der Waals surface area contributed by atoms with Crippen molar-refractivity contribution in [2.45, 2.75) is 26.7 Å². The summed E-state index contributed by atoms with van der Waals surface area (Å²) in [4.78, 5) is 14.3. The average Bonchev–Trinajstić information content (AvgIpc) is 2.71. The summed E-state index contributed by atoms with van der Waals surface area (Å²) in [5.74, 6) is 0.126. The fraction of sp³-hybridized carbons (Fsp3) is 0.667. The molecule has 1 amide bonds. The SMILES string of the molecule is CCCc1n[nH]c(C)c1C(=O)N1CCNCC1. The lowest BCUT2D eigenvalue weighted by atomic mass is 10.1. The zero-order valence-corrected chi connectivity index (χ0v) is 10.5. The van der Waals surface area contributed by atoms with Crippen LogP contribution < -0.4 is 5.32 Å². The fourth-order valence-electron chi connectivity index (χ4n) is 2.21. The number of aryl methyl sites for hydroxylation is 2. The zero-order chi connectivity index (χ0) is 12.3. The summed E-state index contributed by atoms with van der Waals surface area (Å²) in [5, 5.41) is 10.4. The Labute approximate surface area is 102 Å². The molecule has 0 aromatic carbocycles. The minimum absolute atomic E-state index is 0.126. The number of carbonyl (C=O) groups excluding carboxylic acids is 1. The molecule has 2 N–H and O–H groups in total. The number of nitrogens with one attached hydrogen (secondary N) is 2. The predicted molar refractivity (Wildman–Crippen MR) is 66.1 cm³/mol. The molecule has 2 rings (SSSR count). The zero-order valence-electron chi connectivity index (χ0n) is 10.5. The quantitative estimate of drug-likeness (QED) is 0.813. The molecule has 0 spiro atoms.